The zero-order valence-electron chi connectivity index (χ0n) is 5.93. The van der Waals surface area contributed by atoms with Gasteiger partial charge in [-0.2, -0.15) is 5.10 Å². The molecule has 0 aliphatic heterocycles. The van der Waals surface area contributed by atoms with Crippen LogP contribution in [0.15, 0.2) is 6.20 Å². The number of H-pyrrole nitrogens is 1. The molecule has 0 amide bonds. The van der Waals surface area contributed by atoms with Gasteiger partial charge in [-0.05, 0) is 31.7 Å². The summed E-state index contributed by atoms with van der Waals surface area (Å²) in [7, 11) is 0. The molecule has 0 spiro atoms. The Morgan fingerprint density at radius 1 is 1.70 bits per heavy atom. The van der Waals surface area contributed by atoms with Crippen LogP contribution in [0.2, 0.25) is 0 Å². The second kappa shape index (κ2) is 2.11. The van der Waals surface area contributed by atoms with Gasteiger partial charge in [-0.1, -0.05) is 0 Å². The van der Waals surface area contributed by atoms with Gasteiger partial charge in [-0.3, -0.25) is 5.10 Å². The first-order chi connectivity index (χ1) is 4.92. The molecule has 1 heterocycles. The highest BCUT2D eigenvalue weighted by Crippen LogP contribution is 2.40. The van der Waals surface area contributed by atoms with Crippen LogP contribution in [-0.2, 0) is 6.42 Å². The van der Waals surface area contributed by atoms with E-state index in [-0.39, 0.29) is 0 Å². The molecular formula is C8H11N2. The minimum Gasteiger partial charge on any atom is -0.285 e. The fourth-order valence-corrected chi connectivity index (χ4v) is 1.24. The molecule has 53 valence electrons. The molecule has 1 N–H and O–H groups in total. The molecule has 0 saturated heterocycles. The van der Waals surface area contributed by atoms with Crippen LogP contribution in [0.5, 0.6) is 0 Å². The number of aromatic amines is 1. The van der Waals surface area contributed by atoms with Gasteiger partial charge in [-0.25, -0.2) is 0 Å². The Balaban J connectivity index is 2.28. The van der Waals surface area contributed by atoms with E-state index in [2.05, 4.69) is 17.1 Å². The Bertz CT molecular complexity index is 223. The summed E-state index contributed by atoms with van der Waals surface area (Å²) in [6.45, 7) is 3.84. The number of rotatable bonds is 2. The molecule has 1 saturated carbocycles. The van der Waals surface area contributed by atoms with Gasteiger partial charge in [0, 0.05) is 12.1 Å². The third-order valence-corrected chi connectivity index (χ3v) is 1.99. The number of nitrogens with one attached hydrogen (secondary N) is 1. The van der Waals surface area contributed by atoms with E-state index >= 15 is 0 Å². The Morgan fingerprint density at radius 2 is 2.50 bits per heavy atom. The Kier molecular flexibility index (Phi) is 1.26. The number of hydrogen-bond donors (Lipinski definition) is 1. The highest BCUT2D eigenvalue weighted by atomic mass is 15.1. The third kappa shape index (κ3) is 0.838. The number of aromatic nitrogens is 2. The summed E-state index contributed by atoms with van der Waals surface area (Å²) in [6, 6.07) is 0. The smallest absolute Gasteiger partial charge is 0.0684 e. The van der Waals surface area contributed by atoms with E-state index in [0.29, 0.717) is 0 Å². The van der Waals surface area contributed by atoms with Crippen molar-refractivity contribution in [1.82, 2.24) is 10.2 Å². The van der Waals surface area contributed by atoms with Crippen molar-refractivity contribution in [2.75, 3.05) is 0 Å². The van der Waals surface area contributed by atoms with Crippen molar-refractivity contribution < 1.29 is 0 Å². The zero-order chi connectivity index (χ0) is 6.97. The summed E-state index contributed by atoms with van der Waals surface area (Å²) >= 11 is 0. The van der Waals surface area contributed by atoms with E-state index in [0.717, 1.165) is 12.3 Å². The summed E-state index contributed by atoms with van der Waals surface area (Å²) in [5.74, 6) is 0.753. The molecule has 1 radical (unpaired) electrons. The normalized spacial score (nSPS) is 17.7. The van der Waals surface area contributed by atoms with Gasteiger partial charge < -0.3 is 0 Å². The first-order valence-electron chi connectivity index (χ1n) is 3.73. The van der Waals surface area contributed by atoms with Crippen LogP contribution >= 0.6 is 0 Å². The van der Waals surface area contributed by atoms with Crippen molar-refractivity contribution in [3.63, 3.8) is 0 Å². The van der Waals surface area contributed by atoms with Gasteiger partial charge in [0.05, 0.1) is 5.69 Å². The molecule has 0 aromatic carbocycles. The van der Waals surface area contributed by atoms with Crippen molar-refractivity contribution in [3.8, 4) is 0 Å². The molecule has 1 aromatic heterocycles. The predicted octanol–water partition coefficient (Wildman–Crippen LogP) is 1.66. The lowest BCUT2D eigenvalue weighted by Gasteiger charge is -1.92. The fraction of sp³-hybridized carbons (Fsp3) is 0.500. The van der Waals surface area contributed by atoms with E-state index < -0.39 is 0 Å². The lowest BCUT2D eigenvalue weighted by Crippen LogP contribution is -1.85. The van der Waals surface area contributed by atoms with Gasteiger partial charge in [0.2, 0.25) is 0 Å². The van der Waals surface area contributed by atoms with E-state index in [1.807, 2.05) is 6.20 Å². The molecule has 0 atom stereocenters. The molecule has 0 bridgehead atoms. The van der Waals surface area contributed by atoms with E-state index in [1.54, 1.807) is 0 Å². The van der Waals surface area contributed by atoms with Crippen LogP contribution < -0.4 is 0 Å². The molecule has 0 unspecified atom stereocenters. The maximum absolute atomic E-state index is 4.18. The summed E-state index contributed by atoms with van der Waals surface area (Å²) < 4.78 is 0. The van der Waals surface area contributed by atoms with Crippen molar-refractivity contribution in [3.05, 3.63) is 24.4 Å². The predicted molar refractivity (Wildman–Crippen MR) is 39.6 cm³/mol. The van der Waals surface area contributed by atoms with Gasteiger partial charge in [0.15, 0.2) is 0 Å². The second-order valence-electron chi connectivity index (χ2n) is 2.82. The average Bonchev–Trinajstić information content (AvgIpc) is 2.69. The highest BCUT2D eigenvalue weighted by molar-refractivity contribution is 5.24. The van der Waals surface area contributed by atoms with Gasteiger partial charge >= 0.3 is 0 Å². The minimum atomic E-state index is 0.753. The standard InChI is InChI=1S/C8H11N2/c1-2-6-5-9-10-8(6)7-3-4-7/h5,7H,1-4H2,(H,9,10). The molecular weight excluding hydrogens is 124 g/mol. The minimum absolute atomic E-state index is 0.753. The van der Waals surface area contributed by atoms with Gasteiger partial charge in [-0.15, -0.1) is 0 Å². The van der Waals surface area contributed by atoms with Crippen LogP contribution in [0.3, 0.4) is 0 Å². The van der Waals surface area contributed by atoms with E-state index in [4.69, 9.17) is 0 Å². The molecule has 2 rings (SSSR count). The lowest BCUT2D eigenvalue weighted by molar-refractivity contribution is 0.953. The average molecular weight is 135 g/mol. The first kappa shape index (κ1) is 5.96. The van der Waals surface area contributed by atoms with Gasteiger partial charge in [0.25, 0.3) is 0 Å². The SMILES string of the molecule is [CH2]Cc1c[nH]nc1C1CC1. The zero-order valence-corrected chi connectivity index (χ0v) is 5.93. The largest absolute Gasteiger partial charge is 0.285 e. The monoisotopic (exact) mass is 135 g/mol. The third-order valence-electron chi connectivity index (χ3n) is 1.99. The summed E-state index contributed by atoms with van der Waals surface area (Å²) in [4.78, 5) is 0. The topological polar surface area (TPSA) is 28.7 Å². The number of hydrogen-bond acceptors (Lipinski definition) is 1. The quantitative estimate of drug-likeness (QED) is 0.656. The maximum atomic E-state index is 4.18. The molecule has 2 heteroatoms. The van der Waals surface area contributed by atoms with Crippen molar-refractivity contribution in [2.24, 2.45) is 0 Å². The van der Waals surface area contributed by atoms with Crippen molar-refractivity contribution in [1.29, 1.82) is 0 Å². The molecule has 1 aromatic rings. The van der Waals surface area contributed by atoms with Crippen LogP contribution in [0, 0.1) is 6.92 Å². The Hall–Kier alpha value is -0.790. The fourth-order valence-electron chi connectivity index (χ4n) is 1.24. The molecule has 2 nitrogen and oxygen atoms in total. The van der Waals surface area contributed by atoms with E-state index in [9.17, 15) is 0 Å². The molecule has 1 aliphatic carbocycles. The first-order valence-corrected chi connectivity index (χ1v) is 3.73. The second-order valence-corrected chi connectivity index (χ2v) is 2.82. The lowest BCUT2D eigenvalue weighted by atomic mass is 10.1. The molecule has 1 aliphatic rings. The van der Waals surface area contributed by atoms with Crippen molar-refractivity contribution >= 4 is 0 Å². The number of nitrogens with zero attached hydrogens (tertiary/aromatic N) is 1. The maximum Gasteiger partial charge on any atom is 0.0684 e. The molecule has 1 fully saturated rings. The highest BCUT2D eigenvalue weighted by Gasteiger charge is 2.27. The van der Waals surface area contributed by atoms with Crippen LogP contribution in [0.25, 0.3) is 0 Å². The van der Waals surface area contributed by atoms with E-state index in [1.165, 1.54) is 24.1 Å². The van der Waals surface area contributed by atoms with Gasteiger partial charge in [0.1, 0.15) is 0 Å². The van der Waals surface area contributed by atoms with Crippen LogP contribution in [0.4, 0.5) is 0 Å². The molecule has 10 heavy (non-hydrogen) atoms. The summed E-state index contributed by atoms with van der Waals surface area (Å²) in [5, 5.41) is 7.06. The Labute approximate surface area is 60.6 Å². The van der Waals surface area contributed by atoms with Crippen LogP contribution in [-0.4, -0.2) is 10.2 Å². The summed E-state index contributed by atoms with van der Waals surface area (Å²) in [5.41, 5.74) is 2.55. The summed E-state index contributed by atoms with van der Waals surface area (Å²) in [6.07, 6.45) is 5.46. The van der Waals surface area contributed by atoms with Crippen molar-refractivity contribution in [2.45, 2.75) is 25.2 Å². The van der Waals surface area contributed by atoms with Crippen LogP contribution in [0.1, 0.15) is 30.0 Å². The Morgan fingerprint density at radius 3 is 3.10 bits per heavy atom.